The zero-order valence-electron chi connectivity index (χ0n) is 14.6. The van der Waals surface area contributed by atoms with Crippen LogP contribution in [0.1, 0.15) is 18.4 Å². The molecule has 0 aromatic carbocycles. The lowest BCUT2D eigenvalue weighted by Gasteiger charge is -2.39. The maximum atomic E-state index is 13.0. The van der Waals surface area contributed by atoms with Crippen molar-refractivity contribution in [1.29, 1.82) is 0 Å². The van der Waals surface area contributed by atoms with Crippen molar-refractivity contribution in [2.24, 2.45) is 0 Å². The summed E-state index contributed by atoms with van der Waals surface area (Å²) in [7, 11) is 2.14. The Kier molecular flexibility index (Phi) is 9.67. The number of likely N-dealkylation sites (tertiary alicyclic amines) is 1. The van der Waals surface area contributed by atoms with Crippen LogP contribution in [0.3, 0.4) is 0 Å². The molecule has 1 unspecified atom stereocenters. The summed E-state index contributed by atoms with van der Waals surface area (Å²) in [4.78, 5) is 21.4. The number of nitrogens with zero attached hydrogens (tertiary/aromatic N) is 3. The molecule has 1 atom stereocenters. The van der Waals surface area contributed by atoms with Gasteiger partial charge in [-0.1, -0.05) is 0 Å². The van der Waals surface area contributed by atoms with Gasteiger partial charge in [0.25, 0.3) is 5.91 Å². The maximum Gasteiger partial charge on any atom is 0.253 e. The Morgan fingerprint density at radius 2 is 2.00 bits per heavy atom. The number of hydrogen-bond acceptors (Lipinski definition) is 5. The summed E-state index contributed by atoms with van der Waals surface area (Å²) < 4.78 is 5.69. The summed E-state index contributed by atoms with van der Waals surface area (Å²) in [6.45, 7) is 4.74. The molecule has 1 N–H and O–H groups in total. The Morgan fingerprint density at radius 1 is 1.32 bits per heavy atom. The van der Waals surface area contributed by atoms with Crippen molar-refractivity contribution in [3.05, 3.63) is 30.1 Å². The summed E-state index contributed by atoms with van der Waals surface area (Å²) in [5, 5.41) is 3.25. The third kappa shape index (κ3) is 6.08. The average molecular weight is 391 g/mol. The first kappa shape index (κ1) is 22.1. The highest BCUT2D eigenvalue weighted by Gasteiger charge is 2.32. The van der Waals surface area contributed by atoms with Crippen LogP contribution in [0, 0.1) is 0 Å². The molecule has 0 spiro atoms. The number of nitrogens with one attached hydrogen (secondary N) is 1. The van der Waals surface area contributed by atoms with Gasteiger partial charge >= 0.3 is 0 Å². The van der Waals surface area contributed by atoms with Crippen LogP contribution in [0.4, 0.5) is 0 Å². The van der Waals surface area contributed by atoms with Gasteiger partial charge in [-0.25, -0.2) is 0 Å². The molecule has 2 aliphatic heterocycles. The van der Waals surface area contributed by atoms with Crippen LogP contribution < -0.4 is 5.32 Å². The van der Waals surface area contributed by atoms with E-state index in [9.17, 15) is 4.79 Å². The molecule has 1 aromatic rings. The van der Waals surface area contributed by atoms with Crippen LogP contribution in [-0.2, 0) is 16.1 Å². The van der Waals surface area contributed by atoms with Gasteiger partial charge in [-0.3, -0.25) is 9.78 Å². The Balaban J connectivity index is 0.00000156. The summed E-state index contributed by atoms with van der Waals surface area (Å²) in [6, 6.07) is 4.25. The van der Waals surface area contributed by atoms with Gasteiger partial charge in [-0.2, -0.15) is 0 Å². The van der Waals surface area contributed by atoms with Crippen molar-refractivity contribution in [3.8, 4) is 0 Å². The van der Waals surface area contributed by atoms with E-state index in [1.54, 1.807) is 12.4 Å². The fourth-order valence-electron chi connectivity index (χ4n) is 3.29. The van der Waals surface area contributed by atoms with Gasteiger partial charge < -0.3 is 19.9 Å². The molecule has 2 fully saturated rings. The largest absolute Gasteiger partial charge is 0.366 e. The topological polar surface area (TPSA) is 57.7 Å². The number of ether oxygens (including phenoxy) is 1. The number of halogens is 2. The molecular weight excluding hydrogens is 363 g/mol. The molecule has 2 aliphatic rings. The number of pyridine rings is 1. The number of aromatic nitrogens is 1. The zero-order valence-corrected chi connectivity index (χ0v) is 16.2. The second-order valence-electron chi connectivity index (χ2n) is 6.42. The van der Waals surface area contributed by atoms with Crippen LogP contribution in [0.25, 0.3) is 0 Å². The SMILES string of the molecule is CN1CCC(N(Cc2ccncc2)C(=O)C2CNCCO2)CC1.Cl.Cl. The highest BCUT2D eigenvalue weighted by atomic mass is 35.5. The summed E-state index contributed by atoms with van der Waals surface area (Å²) >= 11 is 0. The predicted octanol–water partition coefficient (Wildman–Crippen LogP) is 1.34. The molecule has 6 nitrogen and oxygen atoms in total. The first-order chi connectivity index (χ1) is 11.2. The molecule has 8 heteroatoms. The standard InChI is InChI=1S/C17H26N4O2.2ClH/c1-20-9-4-15(5-10-20)21(13-14-2-6-18-7-3-14)17(22)16-12-19-8-11-23-16;;/h2-3,6-7,15-16,19H,4-5,8-13H2,1H3;2*1H. The van der Waals surface area contributed by atoms with Gasteiger partial charge in [0.1, 0.15) is 6.10 Å². The smallest absolute Gasteiger partial charge is 0.253 e. The lowest BCUT2D eigenvalue weighted by Crippen LogP contribution is -2.53. The highest BCUT2D eigenvalue weighted by Crippen LogP contribution is 2.20. The molecule has 3 heterocycles. The summed E-state index contributed by atoms with van der Waals surface area (Å²) in [5.41, 5.74) is 1.12. The molecular formula is C17H28Cl2N4O2. The lowest BCUT2D eigenvalue weighted by molar-refractivity contribution is -0.149. The third-order valence-corrected chi connectivity index (χ3v) is 4.72. The summed E-state index contributed by atoms with van der Waals surface area (Å²) in [6.07, 6.45) is 5.25. The van der Waals surface area contributed by atoms with Crippen LogP contribution >= 0.6 is 24.8 Å². The van der Waals surface area contributed by atoms with Gasteiger partial charge in [0.15, 0.2) is 0 Å². The Labute approximate surface area is 162 Å². The zero-order chi connectivity index (χ0) is 16.1. The number of carbonyl (C=O) groups excluding carboxylic acids is 1. The Bertz CT molecular complexity index is 507. The second-order valence-corrected chi connectivity index (χ2v) is 6.42. The number of rotatable bonds is 4. The molecule has 1 amide bonds. The van der Waals surface area contributed by atoms with E-state index in [0.717, 1.165) is 38.0 Å². The minimum Gasteiger partial charge on any atom is -0.366 e. The van der Waals surface area contributed by atoms with Crippen molar-refractivity contribution in [3.63, 3.8) is 0 Å². The van der Waals surface area contributed by atoms with E-state index in [2.05, 4.69) is 22.2 Å². The molecule has 25 heavy (non-hydrogen) atoms. The third-order valence-electron chi connectivity index (χ3n) is 4.72. The highest BCUT2D eigenvalue weighted by molar-refractivity contribution is 5.85. The molecule has 3 rings (SSSR count). The summed E-state index contributed by atoms with van der Waals surface area (Å²) in [5.74, 6) is 0.114. The van der Waals surface area contributed by atoms with Crippen molar-refractivity contribution in [1.82, 2.24) is 20.1 Å². The quantitative estimate of drug-likeness (QED) is 0.840. The second kappa shape index (κ2) is 10.9. The van der Waals surface area contributed by atoms with Crippen LogP contribution in [0.2, 0.25) is 0 Å². The van der Waals surface area contributed by atoms with Gasteiger partial charge in [-0.05, 0) is 50.7 Å². The van der Waals surface area contributed by atoms with Gasteiger partial charge in [0.2, 0.25) is 0 Å². The van der Waals surface area contributed by atoms with E-state index in [1.165, 1.54) is 0 Å². The van der Waals surface area contributed by atoms with E-state index in [1.807, 2.05) is 17.0 Å². The van der Waals surface area contributed by atoms with Crippen LogP contribution in [0.15, 0.2) is 24.5 Å². The van der Waals surface area contributed by atoms with E-state index in [4.69, 9.17) is 4.74 Å². The number of morpholine rings is 1. The fourth-order valence-corrected chi connectivity index (χ4v) is 3.29. The van der Waals surface area contributed by atoms with Gasteiger partial charge in [-0.15, -0.1) is 24.8 Å². The number of piperidine rings is 1. The molecule has 2 saturated heterocycles. The lowest BCUT2D eigenvalue weighted by atomic mass is 10.0. The van der Waals surface area contributed by atoms with E-state index in [-0.39, 0.29) is 42.9 Å². The predicted molar refractivity (Wildman–Crippen MR) is 102 cm³/mol. The van der Waals surface area contributed by atoms with E-state index in [0.29, 0.717) is 19.7 Å². The molecule has 1 aromatic heterocycles. The number of carbonyl (C=O) groups is 1. The van der Waals surface area contributed by atoms with Crippen molar-refractivity contribution >= 4 is 30.7 Å². The van der Waals surface area contributed by atoms with E-state index < -0.39 is 0 Å². The minimum absolute atomic E-state index is 0. The fraction of sp³-hybridized carbons (Fsp3) is 0.647. The average Bonchev–Trinajstić information content (AvgIpc) is 2.62. The molecule has 142 valence electrons. The Morgan fingerprint density at radius 3 is 2.60 bits per heavy atom. The van der Waals surface area contributed by atoms with Crippen molar-refractivity contribution < 1.29 is 9.53 Å². The van der Waals surface area contributed by atoms with Crippen LogP contribution in [0.5, 0.6) is 0 Å². The number of hydrogen-bond donors (Lipinski definition) is 1. The maximum absolute atomic E-state index is 13.0. The first-order valence-corrected chi connectivity index (χ1v) is 8.44. The van der Waals surface area contributed by atoms with Crippen LogP contribution in [-0.4, -0.2) is 72.7 Å². The molecule has 0 bridgehead atoms. The monoisotopic (exact) mass is 390 g/mol. The normalized spacial score (nSPS) is 21.7. The molecule has 0 saturated carbocycles. The van der Waals surface area contributed by atoms with Crippen molar-refractivity contribution in [2.75, 3.05) is 39.8 Å². The van der Waals surface area contributed by atoms with Gasteiger partial charge in [0.05, 0.1) is 6.61 Å². The van der Waals surface area contributed by atoms with Crippen molar-refractivity contribution in [2.45, 2.75) is 31.5 Å². The van der Waals surface area contributed by atoms with E-state index >= 15 is 0 Å². The molecule has 0 radical (unpaired) electrons. The Hall–Kier alpha value is -0.920. The first-order valence-electron chi connectivity index (χ1n) is 8.44. The molecule has 0 aliphatic carbocycles. The number of amides is 1. The van der Waals surface area contributed by atoms with Gasteiger partial charge in [0, 0.05) is 38.1 Å². The minimum atomic E-state index is -0.356.